The van der Waals surface area contributed by atoms with Crippen molar-refractivity contribution in [3.63, 3.8) is 0 Å². The lowest BCUT2D eigenvalue weighted by Crippen LogP contribution is -2.27. The minimum atomic E-state index is -0.148. The molecule has 0 bridgehead atoms. The van der Waals surface area contributed by atoms with Crippen molar-refractivity contribution in [2.45, 2.75) is 54.1 Å². The molecule has 1 N–H and O–H groups in total. The highest BCUT2D eigenvalue weighted by Crippen LogP contribution is 2.26. The second kappa shape index (κ2) is 4.27. The monoisotopic (exact) mass is 172 g/mol. The van der Waals surface area contributed by atoms with Crippen LogP contribution in [0.4, 0.5) is 0 Å². The molecule has 0 aromatic heterocycles. The van der Waals surface area contributed by atoms with Crippen LogP contribution in [0.25, 0.3) is 0 Å². The van der Waals surface area contributed by atoms with E-state index < -0.39 is 0 Å². The third-order valence-corrected chi connectivity index (χ3v) is 2.48. The molecule has 1 heteroatoms. The average molecular weight is 172 g/mol. The Labute approximate surface area is 77.2 Å². The van der Waals surface area contributed by atoms with Gasteiger partial charge in [-0.1, -0.05) is 41.5 Å². The molecule has 0 aromatic carbocycles. The maximum Gasteiger partial charge on any atom is 0.0573 e. The van der Waals surface area contributed by atoms with Crippen LogP contribution in [-0.2, 0) is 0 Å². The Morgan fingerprint density at radius 3 is 1.75 bits per heavy atom. The first-order chi connectivity index (χ1) is 5.24. The van der Waals surface area contributed by atoms with Gasteiger partial charge in [-0.15, -0.1) is 0 Å². The van der Waals surface area contributed by atoms with E-state index in [1.807, 2.05) is 0 Å². The number of rotatable bonds is 3. The van der Waals surface area contributed by atoms with Crippen molar-refractivity contribution in [2.24, 2.45) is 17.3 Å². The molecule has 12 heavy (non-hydrogen) atoms. The van der Waals surface area contributed by atoms with Gasteiger partial charge in [0.1, 0.15) is 0 Å². The highest BCUT2D eigenvalue weighted by Gasteiger charge is 2.23. The molecule has 0 aromatic rings. The van der Waals surface area contributed by atoms with E-state index in [1.54, 1.807) is 0 Å². The lowest BCUT2D eigenvalue weighted by molar-refractivity contribution is 0.0541. The SMILES string of the molecule is CC(C)C(C)C(O)CC(C)(C)C. The average Bonchev–Trinajstić information content (AvgIpc) is 1.82. The Balaban J connectivity index is 3.95. The first kappa shape index (κ1) is 12.0. The zero-order chi connectivity index (χ0) is 9.94. The molecule has 2 atom stereocenters. The van der Waals surface area contributed by atoms with E-state index in [2.05, 4.69) is 41.5 Å². The quantitative estimate of drug-likeness (QED) is 0.693. The summed E-state index contributed by atoms with van der Waals surface area (Å²) in [6.07, 6.45) is 0.747. The molecule has 0 saturated heterocycles. The van der Waals surface area contributed by atoms with Crippen LogP contribution in [0.1, 0.15) is 48.0 Å². The third-order valence-electron chi connectivity index (χ3n) is 2.48. The van der Waals surface area contributed by atoms with Gasteiger partial charge < -0.3 is 5.11 Å². The van der Waals surface area contributed by atoms with E-state index in [9.17, 15) is 5.11 Å². The smallest absolute Gasteiger partial charge is 0.0573 e. The fraction of sp³-hybridized carbons (Fsp3) is 1.00. The summed E-state index contributed by atoms with van der Waals surface area (Å²) in [5.41, 5.74) is 0.239. The van der Waals surface area contributed by atoms with Gasteiger partial charge in [0.15, 0.2) is 0 Å². The summed E-state index contributed by atoms with van der Waals surface area (Å²) in [5.74, 6) is 0.978. The van der Waals surface area contributed by atoms with Gasteiger partial charge in [-0.25, -0.2) is 0 Å². The van der Waals surface area contributed by atoms with Crippen molar-refractivity contribution in [1.82, 2.24) is 0 Å². The number of hydrogen-bond donors (Lipinski definition) is 1. The predicted molar refractivity (Wildman–Crippen MR) is 54.1 cm³/mol. The van der Waals surface area contributed by atoms with Crippen molar-refractivity contribution in [1.29, 1.82) is 0 Å². The largest absolute Gasteiger partial charge is 0.393 e. The Hall–Kier alpha value is -0.0400. The molecule has 0 saturated carbocycles. The molecular weight excluding hydrogens is 148 g/mol. The Morgan fingerprint density at radius 2 is 1.50 bits per heavy atom. The van der Waals surface area contributed by atoms with E-state index in [0.29, 0.717) is 11.8 Å². The molecule has 0 aliphatic rings. The van der Waals surface area contributed by atoms with E-state index >= 15 is 0 Å². The minimum Gasteiger partial charge on any atom is -0.393 e. The van der Waals surface area contributed by atoms with Crippen molar-refractivity contribution >= 4 is 0 Å². The Kier molecular flexibility index (Phi) is 4.25. The summed E-state index contributed by atoms with van der Waals surface area (Å²) >= 11 is 0. The number of hydrogen-bond acceptors (Lipinski definition) is 1. The van der Waals surface area contributed by atoms with Crippen LogP contribution in [0, 0.1) is 17.3 Å². The van der Waals surface area contributed by atoms with E-state index in [4.69, 9.17) is 0 Å². The van der Waals surface area contributed by atoms with Crippen molar-refractivity contribution in [2.75, 3.05) is 0 Å². The molecule has 74 valence electrons. The number of aliphatic hydroxyl groups is 1. The molecule has 0 aliphatic carbocycles. The summed E-state index contributed by atoms with van der Waals surface area (Å²) in [4.78, 5) is 0. The van der Waals surface area contributed by atoms with Gasteiger partial charge in [0, 0.05) is 0 Å². The van der Waals surface area contributed by atoms with Gasteiger partial charge in [-0.3, -0.25) is 0 Å². The van der Waals surface area contributed by atoms with Gasteiger partial charge >= 0.3 is 0 Å². The summed E-state index contributed by atoms with van der Waals surface area (Å²) in [7, 11) is 0. The van der Waals surface area contributed by atoms with Gasteiger partial charge in [0.25, 0.3) is 0 Å². The molecule has 0 rings (SSSR count). The lowest BCUT2D eigenvalue weighted by atomic mass is 9.81. The maximum atomic E-state index is 9.82. The zero-order valence-corrected chi connectivity index (χ0v) is 9.39. The topological polar surface area (TPSA) is 20.2 Å². The molecule has 0 radical (unpaired) electrons. The van der Waals surface area contributed by atoms with Crippen LogP contribution in [-0.4, -0.2) is 11.2 Å². The summed E-state index contributed by atoms with van der Waals surface area (Å²) < 4.78 is 0. The van der Waals surface area contributed by atoms with Crippen LogP contribution >= 0.6 is 0 Å². The molecule has 0 aliphatic heterocycles. The van der Waals surface area contributed by atoms with E-state index in [-0.39, 0.29) is 11.5 Å². The molecule has 0 spiro atoms. The van der Waals surface area contributed by atoms with Crippen molar-refractivity contribution in [3.8, 4) is 0 Å². The standard InChI is InChI=1S/C11H24O/c1-8(2)9(3)10(12)7-11(4,5)6/h8-10,12H,7H2,1-6H3. The summed E-state index contributed by atoms with van der Waals surface area (Å²) in [6.45, 7) is 13.0. The second-order valence-electron chi connectivity index (χ2n) is 5.44. The van der Waals surface area contributed by atoms with E-state index in [0.717, 1.165) is 6.42 Å². The van der Waals surface area contributed by atoms with Crippen LogP contribution in [0.15, 0.2) is 0 Å². The molecule has 2 unspecified atom stereocenters. The van der Waals surface area contributed by atoms with Gasteiger partial charge in [0.2, 0.25) is 0 Å². The summed E-state index contributed by atoms with van der Waals surface area (Å²) in [5, 5.41) is 9.82. The van der Waals surface area contributed by atoms with Crippen LogP contribution in [0.2, 0.25) is 0 Å². The highest BCUT2D eigenvalue weighted by molar-refractivity contribution is 4.73. The maximum absolute atomic E-state index is 9.82. The van der Waals surface area contributed by atoms with Gasteiger partial charge in [-0.2, -0.15) is 0 Å². The van der Waals surface area contributed by atoms with Gasteiger partial charge in [0.05, 0.1) is 6.10 Å². The molecule has 0 amide bonds. The third kappa shape index (κ3) is 4.76. The van der Waals surface area contributed by atoms with Crippen molar-refractivity contribution < 1.29 is 5.11 Å². The van der Waals surface area contributed by atoms with Gasteiger partial charge in [-0.05, 0) is 23.7 Å². The first-order valence-corrected chi connectivity index (χ1v) is 4.92. The van der Waals surface area contributed by atoms with Crippen LogP contribution in [0.3, 0.4) is 0 Å². The second-order valence-corrected chi connectivity index (χ2v) is 5.44. The molecule has 1 nitrogen and oxygen atoms in total. The number of aliphatic hydroxyl groups excluding tert-OH is 1. The summed E-state index contributed by atoms with van der Waals surface area (Å²) in [6, 6.07) is 0. The Bertz CT molecular complexity index is 121. The molecular formula is C11H24O. The molecule has 0 fully saturated rings. The van der Waals surface area contributed by atoms with Crippen LogP contribution in [0.5, 0.6) is 0 Å². The Morgan fingerprint density at radius 1 is 1.08 bits per heavy atom. The van der Waals surface area contributed by atoms with Crippen LogP contribution < -0.4 is 0 Å². The fourth-order valence-corrected chi connectivity index (χ4v) is 1.26. The predicted octanol–water partition coefficient (Wildman–Crippen LogP) is 3.08. The minimum absolute atomic E-state index is 0.148. The highest BCUT2D eigenvalue weighted by atomic mass is 16.3. The van der Waals surface area contributed by atoms with Crippen molar-refractivity contribution in [3.05, 3.63) is 0 Å². The first-order valence-electron chi connectivity index (χ1n) is 4.92. The molecule has 0 heterocycles. The van der Waals surface area contributed by atoms with E-state index in [1.165, 1.54) is 0 Å². The zero-order valence-electron chi connectivity index (χ0n) is 9.39. The fourth-order valence-electron chi connectivity index (χ4n) is 1.26. The normalized spacial score (nSPS) is 18.0. The lowest BCUT2D eigenvalue weighted by Gasteiger charge is -2.28.